The fraction of sp³-hybridized carbons (Fsp3) is 0.667. The fourth-order valence-corrected chi connectivity index (χ4v) is 3.25. The molecule has 0 spiro atoms. The number of H-pyrrole nitrogens is 1. The Labute approximate surface area is 129 Å². The lowest BCUT2D eigenvalue weighted by molar-refractivity contribution is -0.147. The van der Waals surface area contributed by atoms with Crippen LogP contribution in [0.15, 0.2) is 12.3 Å². The first-order chi connectivity index (χ1) is 10.7. The van der Waals surface area contributed by atoms with E-state index in [-0.39, 0.29) is 23.8 Å². The number of hydrogen-bond acceptors (Lipinski definition) is 4. The molecule has 1 aromatic rings. The molecule has 2 aliphatic heterocycles. The molecule has 0 bridgehead atoms. The molecule has 3 heterocycles. The van der Waals surface area contributed by atoms with E-state index in [1.807, 2.05) is 15.9 Å². The number of carbonyl (C=O) groups excluding carboxylic acids is 2. The van der Waals surface area contributed by atoms with Crippen molar-refractivity contribution in [1.29, 1.82) is 0 Å². The van der Waals surface area contributed by atoms with Crippen LogP contribution < -0.4 is 0 Å². The summed E-state index contributed by atoms with van der Waals surface area (Å²) in [4.78, 5) is 28.0. The molecule has 3 rings (SSSR count). The maximum absolute atomic E-state index is 12.9. The number of morpholine rings is 1. The van der Waals surface area contributed by atoms with E-state index in [0.29, 0.717) is 32.8 Å². The number of piperidine rings is 1. The zero-order valence-electron chi connectivity index (χ0n) is 12.8. The lowest BCUT2D eigenvalue weighted by atomic mass is 9.94. The van der Waals surface area contributed by atoms with Crippen LogP contribution in [-0.4, -0.2) is 64.7 Å². The summed E-state index contributed by atoms with van der Waals surface area (Å²) in [6.45, 7) is 4.60. The van der Waals surface area contributed by atoms with Crippen molar-refractivity contribution in [2.75, 3.05) is 32.8 Å². The number of hydrogen-bond donors (Lipinski definition) is 1. The monoisotopic (exact) mass is 306 g/mol. The quantitative estimate of drug-likeness (QED) is 0.866. The van der Waals surface area contributed by atoms with Crippen LogP contribution in [0.3, 0.4) is 0 Å². The Morgan fingerprint density at radius 2 is 2.09 bits per heavy atom. The number of nitrogens with zero attached hydrogens (tertiary/aromatic N) is 3. The Hall–Kier alpha value is -1.89. The number of carbonyl (C=O) groups is 2. The first-order valence-electron chi connectivity index (χ1n) is 7.80. The van der Waals surface area contributed by atoms with Crippen molar-refractivity contribution in [2.24, 2.45) is 5.92 Å². The highest BCUT2D eigenvalue weighted by Gasteiger charge is 2.35. The van der Waals surface area contributed by atoms with Gasteiger partial charge in [-0.1, -0.05) is 0 Å². The second-order valence-corrected chi connectivity index (χ2v) is 5.91. The van der Waals surface area contributed by atoms with E-state index >= 15 is 0 Å². The summed E-state index contributed by atoms with van der Waals surface area (Å²) in [7, 11) is 0. The average molecular weight is 306 g/mol. The highest BCUT2D eigenvalue weighted by atomic mass is 16.5. The van der Waals surface area contributed by atoms with Gasteiger partial charge in [0.1, 0.15) is 0 Å². The predicted molar refractivity (Wildman–Crippen MR) is 78.8 cm³/mol. The van der Waals surface area contributed by atoms with Crippen LogP contribution in [0.1, 0.15) is 31.5 Å². The molecule has 22 heavy (non-hydrogen) atoms. The molecule has 1 N–H and O–H groups in total. The summed E-state index contributed by atoms with van der Waals surface area (Å²) in [5, 5.41) is 6.91. The minimum absolute atomic E-state index is 0.000813. The van der Waals surface area contributed by atoms with Crippen LogP contribution in [0, 0.1) is 5.92 Å². The van der Waals surface area contributed by atoms with Crippen molar-refractivity contribution in [3.8, 4) is 0 Å². The van der Waals surface area contributed by atoms with Crippen LogP contribution in [-0.2, 0) is 14.3 Å². The highest BCUT2D eigenvalue weighted by Crippen LogP contribution is 2.27. The first kappa shape index (κ1) is 15.0. The molecule has 0 radical (unpaired) electrons. The van der Waals surface area contributed by atoms with Gasteiger partial charge in [0.2, 0.25) is 11.8 Å². The van der Waals surface area contributed by atoms with Crippen molar-refractivity contribution in [3.63, 3.8) is 0 Å². The van der Waals surface area contributed by atoms with Gasteiger partial charge < -0.3 is 14.5 Å². The topological polar surface area (TPSA) is 78.5 Å². The summed E-state index contributed by atoms with van der Waals surface area (Å²) >= 11 is 0. The third-order valence-electron chi connectivity index (χ3n) is 4.58. The number of amides is 2. The predicted octanol–water partition coefficient (Wildman–Crippen LogP) is 0.568. The summed E-state index contributed by atoms with van der Waals surface area (Å²) in [5.74, 6) is 0.262. The van der Waals surface area contributed by atoms with Crippen molar-refractivity contribution in [1.82, 2.24) is 20.0 Å². The number of likely N-dealkylation sites (tertiary alicyclic amines) is 1. The summed E-state index contributed by atoms with van der Waals surface area (Å²) in [5.41, 5.74) is 0.911. The Bertz CT molecular complexity index is 523. The lowest BCUT2D eigenvalue weighted by Gasteiger charge is -2.39. The van der Waals surface area contributed by atoms with Gasteiger partial charge in [0.15, 0.2) is 0 Å². The second kappa shape index (κ2) is 6.48. The second-order valence-electron chi connectivity index (χ2n) is 5.91. The SMILES string of the molecule is CC(=O)N1CCC(C(=O)N2CCOC[C@H]2c2ccn[nH]2)CC1. The summed E-state index contributed by atoms with van der Waals surface area (Å²) < 4.78 is 5.53. The zero-order chi connectivity index (χ0) is 15.5. The van der Waals surface area contributed by atoms with Gasteiger partial charge in [-0.3, -0.25) is 14.7 Å². The van der Waals surface area contributed by atoms with E-state index < -0.39 is 0 Å². The third kappa shape index (κ3) is 2.99. The van der Waals surface area contributed by atoms with Gasteiger partial charge in [-0.15, -0.1) is 0 Å². The van der Waals surface area contributed by atoms with Crippen molar-refractivity contribution in [3.05, 3.63) is 18.0 Å². The standard InChI is InChI=1S/C15H22N4O3/c1-11(20)18-6-3-12(4-7-18)15(21)19-8-9-22-10-14(19)13-2-5-16-17-13/h2,5,12,14H,3-4,6-10H2,1H3,(H,16,17)/t14-/m0/s1. The molecule has 120 valence electrons. The Balaban J connectivity index is 1.66. The van der Waals surface area contributed by atoms with E-state index in [1.54, 1.807) is 13.1 Å². The lowest BCUT2D eigenvalue weighted by Crippen LogP contribution is -2.48. The molecule has 1 aromatic heterocycles. The summed E-state index contributed by atoms with van der Waals surface area (Å²) in [6, 6.07) is 1.80. The number of nitrogens with one attached hydrogen (secondary N) is 1. The molecule has 2 fully saturated rings. The maximum Gasteiger partial charge on any atom is 0.226 e. The molecule has 2 amide bonds. The number of aromatic amines is 1. The molecule has 0 unspecified atom stereocenters. The minimum atomic E-state index is -0.0883. The summed E-state index contributed by atoms with van der Waals surface area (Å²) in [6.07, 6.45) is 3.18. The average Bonchev–Trinajstić information content (AvgIpc) is 3.08. The molecule has 2 aliphatic rings. The van der Waals surface area contributed by atoms with Gasteiger partial charge in [-0.2, -0.15) is 5.10 Å². The molecular weight excluding hydrogens is 284 g/mol. The largest absolute Gasteiger partial charge is 0.377 e. The zero-order valence-corrected chi connectivity index (χ0v) is 12.8. The van der Waals surface area contributed by atoms with Crippen molar-refractivity contribution in [2.45, 2.75) is 25.8 Å². The highest BCUT2D eigenvalue weighted by molar-refractivity contribution is 5.80. The molecular formula is C15H22N4O3. The van der Waals surface area contributed by atoms with E-state index in [2.05, 4.69) is 10.2 Å². The van der Waals surface area contributed by atoms with Crippen LogP contribution in [0.5, 0.6) is 0 Å². The van der Waals surface area contributed by atoms with E-state index in [0.717, 1.165) is 18.5 Å². The van der Waals surface area contributed by atoms with Gasteiger partial charge in [0, 0.05) is 38.7 Å². The van der Waals surface area contributed by atoms with Gasteiger partial charge in [0.25, 0.3) is 0 Å². The fourth-order valence-electron chi connectivity index (χ4n) is 3.25. The molecule has 1 atom stereocenters. The van der Waals surface area contributed by atoms with Gasteiger partial charge in [0.05, 0.1) is 24.9 Å². The normalized spacial score (nSPS) is 23.6. The Morgan fingerprint density at radius 3 is 2.73 bits per heavy atom. The maximum atomic E-state index is 12.9. The third-order valence-corrected chi connectivity index (χ3v) is 4.58. The van der Waals surface area contributed by atoms with E-state index in [9.17, 15) is 9.59 Å². The molecule has 2 saturated heterocycles. The molecule has 0 saturated carbocycles. The van der Waals surface area contributed by atoms with E-state index in [4.69, 9.17) is 4.74 Å². The van der Waals surface area contributed by atoms with Crippen LogP contribution in [0.25, 0.3) is 0 Å². The van der Waals surface area contributed by atoms with Gasteiger partial charge in [-0.25, -0.2) is 0 Å². The number of ether oxygens (including phenoxy) is 1. The molecule has 0 aliphatic carbocycles. The van der Waals surface area contributed by atoms with Crippen LogP contribution in [0.2, 0.25) is 0 Å². The molecule has 7 heteroatoms. The van der Waals surface area contributed by atoms with Gasteiger partial charge >= 0.3 is 0 Å². The van der Waals surface area contributed by atoms with E-state index in [1.165, 1.54) is 0 Å². The van der Waals surface area contributed by atoms with Gasteiger partial charge in [-0.05, 0) is 18.9 Å². The Kier molecular flexibility index (Phi) is 4.42. The smallest absolute Gasteiger partial charge is 0.226 e. The number of rotatable bonds is 2. The van der Waals surface area contributed by atoms with Crippen molar-refractivity contribution < 1.29 is 14.3 Å². The van der Waals surface area contributed by atoms with Crippen molar-refractivity contribution >= 4 is 11.8 Å². The first-order valence-corrected chi connectivity index (χ1v) is 7.80. The number of aromatic nitrogens is 2. The van der Waals surface area contributed by atoms with Crippen LogP contribution >= 0.6 is 0 Å². The minimum Gasteiger partial charge on any atom is -0.377 e. The molecule has 7 nitrogen and oxygen atoms in total. The molecule has 0 aromatic carbocycles. The van der Waals surface area contributed by atoms with Crippen LogP contribution in [0.4, 0.5) is 0 Å². The Morgan fingerprint density at radius 1 is 1.32 bits per heavy atom.